The summed E-state index contributed by atoms with van der Waals surface area (Å²) in [5, 5.41) is 5.17. The molecular formula is C17H15N3O5S2. The fourth-order valence-corrected chi connectivity index (χ4v) is 4.08. The van der Waals surface area contributed by atoms with Gasteiger partial charge in [-0.3, -0.25) is 9.59 Å². The number of aromatic nitrogens is 1. The van der Waals surface area contributed by atoms with Gasteiger partial charge in [-0.25, -0.2) is 13.6 Å². The number of amides is 1. The third-order valence-corrected chi connectivity index (χ3v) is 5.67. The lowest BCUT2D eigenvalue weighted by molar-refractivity contribution is -0.141. The van der Waals surface area contributed by atoms with Crippen molar-refractivity contribution in [2.75, 3.05) is 7.11 Å². The van der Waals surface area contributed by atoms with Crippen LogP contribution in [-0.2, 0) is 26.1 Å². The number of carbonyl (C=O) groups excluding carboxylic acids is 2. The normalized spacial score (nSPS) is 12.3. The Bertz CT molecular complexity index is 1190. The van der Waals surface area contributed by atoms with Crippen molar-refractivity contribution in [1.29, 1.82) is 0 Å². The van der Waals surface area contributed by atoms with Crippen molar-refractivity contribution in [3.63, 3.8) is 0 Å². The van der Waals surface area contributed by atoms with Gasteiger partial charge in [0.15, 0.2) is 4.80 Å². The Morgan fingerprint density at radius 2 is 1.89 bits per heavy atom. The molecule has 27 heavy (non-hydrogen) atoms. The van der Waals surface area contributed by atoms with Crippen LogP contribution in [-0.4, -0.2) is 32.0 Å². The van der Waals surface area contributed by atoms with E-state index in [-0.39, 0.29) is 16.2 Å². The van der Waals surface area contributed by atoms with E-state index < -0.39 is 21.9 Å². The number of nitrogens with two attached hydrogens (primary N) is 1. The van der Waals surface area contributed by atoms with Crippen molar-refractivity contribution in [2.24, 2.45) is 10.1 Å². The van der Waals surface area contributed by atoms with E-state index >= 15 is 0 Å². The van der Waals surface area contributed by atoms with Gasteiger partial charge in [-0.15, -0.1) is 0 Å². The van der Waals surface area contributed by atoms with Crippen LogP contribution < -0.4 is 9.94 Å². The Balaban J connectivity index is 2.20. The monoisotopic (exact) mass is 405 g/mol. The van der Waals surface area contributed by atoms with Gasteiger partial charge in [0.1, 0.15) is 6.54 Å². The van der Waals surface area contributed by atoms with Gasteiger partial charge in [0.2, 0.25) is 10.0 Å². The van der Waals surface area contributed by atoms with Crippen LogP contribution in [0.15, 0.2) is 58.4 Å². The summed E-state index contributed by atoms with van der Waals surface area (Å²) in [6, 6.07) is 12.7. The van der Waals surface area contributed by atoms with Crippen LogP contribution in [0, 0.1) is 0 Å². The highest BCUT2D eigenvalue weighted by atomic mass is 32.2. The number of rotatable bonds is 4. The molecule has 8 nitrogen and oxygen atoms in total. The number of hydrogen-bond acceptors (Lipinski definition) is 6. The van der Waals surface area contributed by atoms with E-state index in [1.54, 1.807) is 30.3 Å². The summed E-state index contributed by atoms with van der Waals surface area (Å²) in [7, 11) is -2.63. The van der Waals surface area contributed by atoms with Gasteiger partial charge in [-0.1, -0.05) is 29.5 Å². The van der Waals surface area contributed by atoms with E-state index in [4.69, 9.17) is 9.88 Å². The van der Waals surface area contributed by atoms with E-state index in [9.17, 15) is 18.0 Å². The van der Waals surface area contributed by atoms with Crippen molar-refractivity contribution in [1.82, 2.24) is 4.57 Å². The number of thiazole rings is 1. The summed E-state index contributed by atoms with van der Waals surface area (Å²) in [4.78, 5) is 28.5. The van der Waals surface area contributed by atoms with Crippen LogP contribution >= 0.6 is 11.3 Å². The molecule has 1 aromatic heterocycles. The molecule has 140 valence electrons. The number of primary sulfonamides is 1. The Kier molecular flexibility index (Phi) is 5.22. The Hall–Kier alpha value is -2.82. The Labute approximate surface area is 158 Å². The van der Waals surface area contributed by atoms with Crippen LogP contribution in [0.3, 0.4) is 0 Å². The number of carbonyl (C=O) groups is 2. The first-order valence-electron chi connectivity index (χ1n) is 7.66. The highest BCUT2D eigenvalue weighted by molar-refractivity contribution is 7.89. The second-order valence-corrected chi connectivity index (χ2v) is 8.07. The molecule has 0 radical (unpaired) electrons. The number of hydrogen-bond donors (Lipinski definition) is 1. The Morgan fingerprint density at radius 1 is 1.19 bits per heavy atom. The molecule has 0 aliphatic heterocycles. The predicted octanol–water partition coefficient (Wildman–Crippen LogP) is 1.26. The average molecular weight is 405 g/mol. The molecule has 3 rings (SSSR count). The van der Waals surface area contributed by atoms with Crippen LogP contribution in [0.1, 0.15) is 10.4 Å². The van der Waals surface area contributed by atoms with E-state index in [0.29, 0.717) is 15.8 Å². The number of fused-ring (bicyclic) bond motifs is 1. The maximum Gasteiger partial charge on any atom is 0.325 e. The van der Waals surface area contributed by atoms with E-state index in [1.807, 2.05) is 0 Å². The number of methoxy groups -OCH3 is 1. The van der Waals surface area contributed by atoms with Gasteiger partial charge in [0, 0.05) is 5.56 Å². The number of benzene rings is 2. The minimum Gasteiger partial charge on any atom is -0.468 e. The highest BCUT2D eigenvalue weighted by Gasteiger charge is 2.15. The average Bonchev–Trinajstić information content (AvgIpc) is 2.98. The Morgan fingerprint density at radius 3 is 2.52 bits per heavy atom. The zero-order valence-electron chi connectivity index (χ0n) is 14.2. The second-order valence-electron chi connectivity index (χ2n) is 5.50. The lowest BCUT2D eigenvalue weighted by Crippen LogP contribution is -2.22. The van der Waals surface area contributed by atoms with Crippen LogP contribution in [0.4, 0.5) is 0 Å². The molecule has 0 aliphatic carbocycles. The second kappa shape index (κ2) is 7.43. The zero-order chi connectivity index (χ0) is 19.6. The number of esters is 1. The van der Waals surface area contributed by atoms with E-state index in [2.05, 4.69) is 4.99 Å². The molecule has 10 heteroatoms. The van der Waals surface area contributed by atoms with Crippen molar-refractivity contribution in [3.05, 3.63) is 58.9 Å². The van der Waals surface area contributed by atoms with Crippen LogP contribution in [0.5, 0.6) is 0 Å². The van der Waals surface area contributed by atoms with Crippen molar-refractivity contribution < 1.29 is 22.7 Å². The molecule has 0 unspecified atom stereocenters. The number of nitrogens with zero attached hydrogens (tertiary/aromatic N) is 2. The smallest absolute Gasteiger partial charge is 0.325 e. The first-order valence-corrected chi connectivity index (χ1v) is 10.0. The quantitative estimate of drug-likeness (QED) is 0.655. The summed E-state index contributed by atoms with van der Waals surface area (Å²) >= 11 is 1.08. The molecule has 0 saturated carbocycles. The largest absolute Gasteiger partial charge is 0.468 e. The lowest BCUT2D eigenvalue weighted by Gasteiger charge is -2.04. The molecule has 0 fully saturated rings. The molecule has 1 amide bonds. The van der Waals surface area contributed by atoms with Gasteiger partial charge in [-0.2, -0.15) is 4.99 Å². The lowest BCUT2D eigenvalue weighted by atomic mass is 10.2. The summed E-state index contributed by atoms with van der Waals surface area (Å²) in [6.07, 6.45) is 0. The van der Waals surface area contributed by atoms with Gasteiger partial charge in [0.05, 0.1) is 22.2 Å². The molecule has 1 heterocycles. The molecule has 2 N–H and O–H groups in total. The minimum absolute atomic E-state index is 0.0672. The first-order chi connectivity index (χ1) is 12.8. The summed E-state index contributed by atoms with van der Waals surface area (Å²) in [6.45, 7) is -0.174. The summed E-state index contributed by atoms with van der Waals surface area (Å²) in [5.41, 5.74) is 0.933. The molecule has 2 aromatic carbocycles. The van der Waals surface area contributed by atoms with Crippen LogP contribution in [0.25, 0.3) is 10.2 Å². The van der Waals surface area contributed by atoms with Crippen molar-refractivity contribution >= 4 is 43.5 Å². The molecule has 0 atom stereocenters. The third-order valence-electron chi connectivity index (χ3n) is 3.72. The SMILES string of the molecule is COC(=O)Cn1c(=NC(=O)c2ccccc2)sc2cc(S(N)(=O)=O)ccc21. The van der Waals surface area contributed by atoms with Crippen LogP contribution in [0.2, 0.25) is 0 Å². The maximum atomic E-state index is 12.4. The fourth-order valence-electron chi connectivity index (χ4n) is 2.39. The molecule has 0 bridgehead atoms. The maximum absolute atomic E-state index is 12.4. The minimum atomic E-state index is -3.88. The highest BCUT2D eigenvalue weighted by Crippen LogP contribution is 2.21. The number of ether oxygens (including phenoxy) is 1. The molecule has 3 aromatic rings. The molecule has 0 spiro atoms. The summed E-state index contributed by atoms with van der Waals surface area (Å²) in [5.74, 6) is -1.01. The van der Waals surface area contributed by atoms with Crippen molar-refractivity contribution in [2.45, 2.75) is 11.4 Å². The first kappa shape index (κ1) is 19.0. The standard InChI is InChI=1S/C17H15N3O5S2/c1-25-15(21)10-20-13-8-7-12(27(18,23)24)9-14(13)26-17(20)19-16(22)11-5-3-2-4-6-11/h2-9H,10H2,1H3,(H2,18,23,24). The van der Waals surface area contributed by atoms with Gasteiger partial charge in [-0.05, 0) is 30.3 Å². The summed E-state index contributed by atoms with van der Waals surface area (Å²) < 4.78 is 29.9. The predicted molar refractivity (Wildman–Crippen MR) is 99.5 cm³/mol. The number of sulfonamides is 1. The topological polar surface area (TPSA) is 121 Å². The molecule has 0 saturated heterocycles. The van der Waals surface area contributed by atoms with Gasteiger partial charge >= 0.3 is 5.97 Å². The fraction of sp³-hybridized carbons (Fsp3) is 0.118. The van der Waals surface area contributed by atoms with Gasteiger partial charge in [0.25, 0.3) is 5.91 Å². The third kappa shape index (κ3) is 4.13. The van der Waals surface area contributed by atoms with E-state index in [1.165, 1.54) is 29.9 Å². The van der Waals surface area contributed by atoms with Gasteiger partial charge < -0.3 is 9.30 Å². The molecular weight excluding hydrogens is 390 g/mol. The zero-order valence-corrected chi connectivity index (χ0v) is 15.8. The van der Waals surface area contributed by atoms with E-state index in [0.717, 1.165) is 11.3 Å². The van der Waals surface area contributed by atoms with Crippen molar-refractivity contribution in [3.8, 4) is 0 Å². The molecule has 0 aliphatic rings.